The Labute approximate surface area is 143 Å². The molecule has 24 heavy (non-hydrogen) atoms. The molecule has 0 radical (unpaired) electrons. The molecule has 0 atom stereocenters. The maximum atomic E-state index is 2.33. The van der Waals surface area contributed by atoms with Gasteiger partial charge in [-0.2, -0.15) is 0 Å². The van der Waals surface area contributed by atoms with Gasteiger partial charge in [-0.1, -0.05) is 49.7 Å². The zero-order valence-electron chi connectivity index (χ0n) is 14.7. The van der Waals surface area contributed by atoms with Crippen molar-refractivity contribution in [3.8, 4) is 0 Å². The SMILES string of the molecule is CCCC(c1cn(C)c2ccccc12)c1cn(C)c2ccccc12. The lowest BCUT2D eigenvalue weighted by Crippen LogP contribution is -2.00. The van der Waals surface area contributed by atoms with Crippen molar-refractivity contribution in [2.75, 3.05) is 0 Å². The van der Waals surface area contributed by atoms with Crippen LogP contribution >= 0.6 is 0 Å². The van der Waals surface area contributed by atoms with Gasteiger partial charge in [0.15, 0.2) is 0 Å². The van der Waals surface area contributed by atoms with E-state index >= 15 is 0 Å². The first-order valence-corrected chi connectivity index (χ1v) is 8.78. The lowest BCUT2D eigenvalue weighted by atomic mass is 9.87. The number of benzene rings is 2. The van der Waals surface area contributed by atoms with Crippen LogP contribution in [0.3, 0.4) is 0 Å². The second-order valence-electron chi connectivity index (χ2n) is 6.77. The number of hydrogen-bond donors (Lipinski definition) is 0. The summed E-state index contributed by atoms with van der Waals surface area (Å²) in [4.78, 5) is 0. The molecule has 0 aliphatic rings. The van der Waals surface area contributed by atoms with E-state index in [2.05, 4.69) is 91.1 Å². The molecule has 2 nitrogen and oxygen atoms in total. The van der Waals surface area contributed by atoms with Gasteiger partial charge in [0.05, 0.1) is 0 Å². The van der Waals surface area contributed by atoms with Crippen molar-refractivity contribution >= 4 is 21.8 Å². The lowest BCUT2D eigenvalue weighted by molar-refractivity contribution is 0.701. The molecule has 0 amide bonds. The summed E-state index contributed by atoms with van der Waals surface area (Å²) in [7, 11) is 4.30. The minimum absolute atomic E-state index is 0.437. The summed E-state index contributed by atoms with van der Waals surface area (Å²) in [6.07, 6.45) is 7.00. The molecule has 0 spiro atoms. The predicted molar refractivity (Wildman–Crippen MR) is 103 cm³/mol. The first-order valence-electron chi connectivity index (χ1n) is 8.78. The van der Waals surface area contributed by atoms with Crippen LogP contribution in [0.4, 0.5) is 0 Å². The largest absolute Gasteiger partial charge is 0.350 e. The summed E-state index contributed by atoms with van der Waals surface area (Å²) in [5.74, 6) is 0.437. The van der Waals surface area contributed by atoms with E-state index in [-0.39, 0.29) is 0 Å². The van der Waals surface area contributed by atoms with Crippen molar-refractivity contribution in [3.63, 3.8) is 0 Å². The van der Waals surface area contributed by atoms with Crippen LogP contribution < -0.4 is 0 Å². The molecule has 4 aromatic rings. The number of nitrogens with zero attached hydrogens (tertiary/aromatic N) is 2. The fourth-order valence-corrected chi connectivity index (χ4v) is 4.07. The maximum Gasteiger partial charge on any atom is 0.0480 e. The van der Waals surface area contributed by atoms with Crippen molar-refractivity contribution in [2.45, 2.75) is 25.7 Å². The average Bonchev–Trinajstić information content (AvgIpc) is 3.12. The third-order valence-electron chi connectivity index (χ3n) is 5.18. The Morgan fingerprint density at radius 1 is 0.750 bits per heavy atom. The Bertz CT molecular complexity index is 923. The fourth-order valence-electron chi connectivity index (χ4n) is 4.07. The van der Waals surface area contributed by atoms with Crippen LogP contribution in [0.25, 0.3) is 21.8 Å². The van der Waals surface area contributed by atoms with Crippen LogP contribution in [-0.4, -0.2) is 9.13 Å². The zero-order chi connectivity index (χ0) is 16.7. The van der Waals surface area contributed by atoms with E-state index in [4.69, 9.17) is 0 Å². The number of rotatable bonds is 4. The first kappa shape index (κ1) is 15.1. The molecule has 122 valence electrons. The molecule has 2 heterocycles. The van der Waals surface area contributed by atoms with Crippen LogP contribution in [0.5, 0.6) is 0 Å². The molecule has 0 fully saturated rings. The van der Waals surface area contributed by atoms with Crippen molar-refractivity contribution in [2.24, 2.45) is 14.1 Å². The number of fused-ring (bicyclic) bond motifs is 2. The van der Waals surface area contributed by atoms with Gasteiger partial charge in [0.25, 0.3) is 0 Å². The lowest BCUT2D eigenvalue weighted by Gasteiger charge is -2.15. The number of para-hydroxylation sites is 2. The van der Waals surface area contributed by atoms with E-state index in [1.807, 2.05) is 0 Å². The highest BCUT2D eigenvalue weighted by atomic mass is 14.9. The molecular formula is C22H24N2. The predicted octanol–water partition coefficient (Wildman–Crippen LogP) is 5.60. The highest BCUT2D eigenvalue weighted by Crippen LogP contribution is 2.38. The van der Waals surface area contributed by atoms with Crippen LogP contribution in [-0.2, 0) is 14.1 Å². The summed E-state index contributed by atoms with van der Waals surface area (Å²) in [6, 6.07) is 17.5. The summed E-state index contributed by atoms with van der Waals surface area (Å²) < 4.78 is 4.52. The normalized spacial score (nSPS) is 11.8. The van der Waals surface area contributed by atoms with Gasteiger partial charge in [0.2, 0.25) is 0 Å². The molecule has 0 saturated carbocycles. The average molecular weight is 316 g/mol. The molecule has 2 aromatic heterocycles. The molecule has 2 aromatic carbocycles. The quantitative estimate of drug-likeness (QED) is 0.463. The van der Waals surface area contributed by atoms with E-state index in [0.717, 1.165) is 0 Å². The molecule has 2 heteroatoms. The molecule has 0 bridgehead atoms. The maximum absolute atomic E-state index is 2.33. The third kappa shape index (κ3) is 2.25. The van der Waals surface area contributed by atoms with Crippen molar-refractivity contribution in [3.05, 3.63) is 72.1 Å². The Morgan fingerprint density at radius 2 is 1.21 bits per heavy atom. The Morgan fingerprint density at radius 3 is 1.67 bits per heavy atom. The van der Waals surface area contributed by atoms with Crippen molar-refractivity contribution in [1.82, 2.24) is 9.13 Å². The summed E-state index contributed by atoms with van der Waals surface area (Å²) in [5.41, 5.74) is 5.53. The molecular weight excluding hydrogens is 292 g/mol. The monoisotopic (exact) mass is 316 g/mol. The molecule has 0 aliphatic heterocycles. The van der Waals surface area contributed by atoms with Crippen LogP contribution in [0.1, 0.15) is 36.8 Å². The summed E-state index contributed by atoms with van der Waals surface area (Å²) in [6.45, 7) is 2.28. The van der Waals surface area contributed by atoms with Crippen LogP contribution in [0, 0.1) is 0 Å². The van der Waals surface area contributed by atoms with E-state index in [1.54, 1.807) is 0 Å². The minimum Gasteiger partial charge on any atom is -0.350 e. The molecule has 0 N–H and O–H groups in total. The van der Waals surface area contributed by atoms with Gasteiger partial charge in [-0.25, -0.2) is 0 Å². The van der Waals surface area contributed by atoms with Gasteiger partial charge in [-0.3, -0.25) is 0 Å². The van der Waals surface area contributed by atoms with Gasteiger partial charge in [-0.15, -0.1) is 0 Å². The summed E-state index contributed by atoms with van der Waals surface area (Å²) >= 11 is 0. The van der Waals surface area contributed by atoms with Gasteiger partial charge in [0.1, 0.15) is 0 Å². The smallest absolute Gasteiger partial charge is 0.0480 e. The topological polar surface area (TPSA) is 9.86 Å². The summed E-state index contributed by atoms with van der Waals surface area (Å²) in [5, 5.41) is 2.76. The van der Waals surface area contributed by atoms with Gasteiger partial charge in [0, 0.05) is 54.2 Å². The van der Waals surface area contributed by atoms with Gasteiger partial charge < -0.3 is 9.13 Å². The number of hydrogen-bond acceptors (Lipinski definition) is 0. The molecule has 0 saturated heterocycles. The highest BCUT2D eigenvalue weighted by Gasteiger charge is 2.21. The van der Waals surface area contributed by atoms with E-state index < -0.39 is 0 Å². The Balaban J connectivity index is 1.96. The standard InChI is InChI=1S/C22H24N2/c1-4-9-16(19-14-23(2)21-12-7-5-10-17(19)21)20-15-24(3)22-13-8-6-11-18(20)22/h5-8,10-16H,4,9H2,1-3H3. The van der Waals surface area contributed by atoms with E-state index in [9.17, 15) is 0 Å². The second kappa shape index (κ2) is 5.86. The Hall–Kier alpha value is -2.48. The molecule has 0 aliphatic carbocycles. The fraction of sp³-hybridized carbons (Fsp3) is 0.273. The highest BCUT2D eigenvalue weighted by molar-refractivity contribution is 5.88. The minimum atomic E-state index is 0.437. The van der Waals surface area contributed by atoms with E-state index in [0.29, 0.717) is 5.92 Å². The van der Waals surface area contributed by atoms with Crippen molar-refractivity contribution < 1.29 is 0 Å². The van der Waals surface area contributed by atoms with Gasteiger partial charge in [-0.05, 0) is 29.7 Å². The first-order chi connectivity index (χ1) is 11.7. The van der Waals surface area contributed by atoms with Crippen LogP contribution in [0.2, 0.25) is 0 Å². The van der Waals surface area contributed by atoms with Crippen LogP contribution in [0.15, 0.2) is 60.9 Å². The molecule has 4 rings (SSSR count). The number of aromatic nitrogens is 2. The van der Waals surface area contributed by atoms with Gasteiger partial charge >= 0.3 is 0 Å². The van der Waals surface area contributed by atoms with Crippen molar-refractivity contribution in [1.29, 1.82) is 0 Å². The Kier molecular flexibility index (Phi) is 3.68. The zero-order valence-corrected chi connectivity index (χ0v) is 14.7. The number of aryl methyl sites for hydroxylation is 2. The second-order valence-corrected chi connectivity index (χ2v) is 6.77. The molecule has 0 unspecified atom stereocenters. The third-order valence-corrected chi connectivity index (χ3v) is 5.18. The van der Waals surface area contributed by atoms with E-state index in [1.165, 1.54) is 45.8 Å².